The van der Waals surface area contributed by atoms with E-state index in [9.17, 15) is 4.79 Å². The van der Waals surface area contributed by atoms with Gasteiger partial charge in [0.1, 0.15) is 0 Å². The van der Waals surface area contributed by atoms with E-state index in [1.165, 1.54) is 0 Å². The third kappa shape index (κ3) is 3.22. The Kier molecular flexibility index (Phi) is 4.77. The molecule has 0 fully saturated rings. The molecule has 88 valence electrons. The maximum Gasteiger partial charge on any atom is 0.253 e. The van der Waals surface area contributed by atoms with Crippen LogP contribution in [0.15, 0.2) is 24.3 Å². The number of halogens is 1. The van der Waals surface area contributed by atoms with Crippen molar-refractivity contribution in [2.75, 3.05) is 6.61 Å². The fraction of sp³-hybridized carbons (Fsp3) is 0.417. The molecule has 0 radical (unpaired) electrons. The van der Waals surface area contributed by atoms with Crippen molar-refractivity contribution in [3.63, 3.8) is 0 Å². The summed E-state index contributed by atoms with van der Waals surface area (Å²) in [5.74, 6) is -0.0743. The van der Waals surface area contributed by atoms with E-state index in [4.69, 9.17) is 16.7 Å². The van der Waals surface area contributed by atoms with Crippen LogP contribution < -0.4 is 5.32 Å². The van der Waals surface area contributed by atoms with E-state index < -0.39 is 0 Å². The second kappa shape index (κ2) is 5.87. The van der Waals surface area contributed by atoms with E-state index in [0.29, 0.717) is 10.6 Å². The molecule has 0 spiro atoms. The Bertz CT molecular complexity index is 366. The van der Waals surface area contributed by atoms with Crippen LogP contribution in [0.1, 0.15) is 24.2 Å². The summed E-state index contributed by atoms with van der Waals surface area (Å²) >= 11 is 5.90. The van der Waals surface area contributed by atoms with Gasteiger partial charge in [0.25, 0.3) is 5.91 Å². The van der Waals surface area contributed by atoms with Gasteiger partial charge in [0.15, 0.2) is 0 Å². The first kappa shape index (κ1) is 13.0. The summed E-state index contributed by atoms with van der Waals surface area (Å²) in [7, 11) is 0. The van der Waals surface area contributed by atoms with Crippen molar-refractivity contribution >= 4 is 17.5 Å². The molecule has 1 atom stereocenters. The molecular formula is C12H16ClNO2. The molecule has 3 nitrogen and oxygen atoms in total. The summed E-state index contributed by atoms with van der Waals surface area (Å²) in [6.45, 7) is 3.80. The zero-order chi connectivity index (χ0) is 12.1. The molecule has 1 amide bonds. The Morgan fingerprint density at radius 1 is 1.44 bits per heavy atom. The van der Waals surface area contributed by atoms with Gasteiger partial charge in [-0.1, -0.05) is 37.6 Å². The summed E-state index contributed by atoms with van der Waals surface area (Å²) in [5.41, 5.74) is 0.434. The van der Waals surface area contributed by atoms with Gasteiger partial charge in [-0.25, -0.2) is 0 Å². The van der Waals surface area contributed by atoms with Crippen molar-refractivity contribution < 1.29 is 9.90 Å². The molecule has 1 rings (SSSR count). The third-order valence-corrected chi connectivity index (χ3v) is 2.77. The van der Waals surface area contributed by atoms with E-state index >= 15 is 0 Å². The number of aliphatic hydroxyl groups excluding tert-OH is 1. The van der Waals surface area contributed by atoms with Crippen LogP contribution in [-0.4, -0.2) is 23.7 Å². The smallest absolute Gasteiger partial charge is 0.253 e. The number of rotatable bonds is 4. The highest BCUT2D eigenvalue weighted by molar-refractivity contribution is 6.33. The van der Waals surface area contributed by atoms with Gasteiger partial charge in [-0.15, -0.1) is 0 Å². The van der Waals surface area contributed by atoms with Gasteiger partial charge in [0.2, 0.25) is 0 Å². The lowest BCUT2D eigenvalue weighted by Gasteiger charge is -2.20. The topological polar surface area (TPSA) is 49.3 Å². The van der Waals surface area contributed by atoms with Gasteiger partial charge in [0, 0.05) is 0 Å². The molecular weight excluding hydrogens is 226 g/mol. The minimum absolute atomic E-state index is 0.0755. The van der Waals surface area contributed by atoms with Crippen LogP contribution in [-0.2, 0) is 0 Å². The third-order valence-electron chi connectivity index (χ3n) is 2.44. The van der Waals surface area contributed by atoms with Gasteiger partial charge < -0.3 is 10.4 Å². The summed E-state index contributed by atoms with van der Waals surface area (Å²) in [6.07, 6.45) is 0. The number of hydrogen-bond acceptors (Lipinski definition) is 2. The largest absolute Gasteiger partial charge is 0.394 e. The molecule has 0 saturated carbocycles. The maximum absolute atomic E-state index is 11.8. The first-order valence-electron chi connectivity index (χ1n) is 5.22. The molecule has 0 aliphatic carbocycles. The Hall–Kier alpha value is -1.06. The van der Waals surface area contributed by atoms with Gasteiger partial charge in [-0.05, 0) is 18.1 Å². The molecule has 0 unspecified atom stereocenters. The number of carbonyl (C=O) groups is 1. The van der Waals surface area contributed by atoms with E-state index in [-0.39, 0.29) is 24.5 Å². The maximum atomic E-state index is 11.8. The molecule has 0 aliphatic rings. The standard InChI is InChI=1S/C12H16ClNO2/c1-8(2)11(7-15)14-12(16)9-5-3-4-6-10(9)13/h3-6,8,11,15H,7H2,1-2H3,(H,14,16)/t11-/m1/s1. The van der Waals surface area contributed by atoms with Crippen LogP contribution in [0.5, 0.6) is 0 Å². The average Bonchev–Trinajstić information content (AvgIpc) is 2.25. The van der Waals surface area contributed by atoms with E-state index in [1.807, 2.05) is 13.8 Å². The lowest BCUT2D eigenvalue weighted by molar-refractivity contribution is 0.0897. The molecule has 0 aliphatic heterocycles. The summed E-state index contributed by atoms with van der Waals surface area (Å²) in [4.78, 5) is 11.8. The van der Waals surface area contributed by atoms with Crippen molar-refractivity contribution in [1.29, 1.82) is 0 Å². The SMILES string of the molecule is CC(C)[C@@H](CO)NC(=O)c1ccccc1Cl. The molecule has 0 aromatic heterocycles. The molecule has 1 aromatic carbocycles. The van der Waals surface area contributed by atoms with Crippen molar-refractivity contribution in [3.8, 4) is 0 Å². The van der Waals surface area contributed by atoms with Crippen molar-refractivity contribution in [3.05, 3.63) is 34.9 Å². The fourth-order valence-corrected chi connectivity index (χ4v) is 1.54. The second-order valence-corrected chi connectivity index (χ2v) is 4.39. The van der Waals surface area contributed by atoms with Gasteiger partial charge in [0.05, 0.1) is 23.2 Å². The molecule has 16 heavy (non-hydrogen) atoms. The predicted octanol–water partition coefficient (Wildman–Crippen LogP) is 2.09. The Labute approximate surface area is 100 Å². The predicted molar refractivity (Wildman–Crippen MR) is 64.6 cm³/mol. The summed E-state index contributed by atoms with van der Waals surface area (Å²) in [5, 5.41) is 12.3. The van der Waals surface area contributed by atoms with E-state index in [0.717, 1.165) is 0 Å². The van der Waals surface area contributed by atoms with Gasteiger partial charge in [-0.3, -0.25) is 4.79 Å². The van der Waals surface area contributed by atoms with Crippen LogP contribution in [0, 0.1) is 5.92 Å². The van der Waals surface area contributed by atoms with Crippen LogP contribution in [0.2, 0.25) is 5.02 Å². The lowest BCUT2D eigenvalue weighted by atomic mass is 10.0. The normalized spacial score (nSPS) is 12.6. The van der Waals surface area contributed by atoms with E-state index in [1.54, 1.807) is 24.3 Å². The number of hydrogen-bond donors (Lipinski definition) is 2. The van der Waals surface area contributed by atoms with E-state index in [2.05, 4.69) is 5.32 Å². The molecule has 0 saturated heterocycles. The number of nitrogens with one attached hydrogen (secondary N) is 1. The number of amides is 1. The van der Waals surface area contributed by atoms with Crippen LogP contribution >= 0.6 is 11.6 Å². The number of benzene rings is 1. The average molecular weight is 242 g/mol. The van der Waals surface area contributed by atoms with Crippen molar-refractivity contribution in [1.82, 2.24) is 5.32 Å². The molecule has 0 bridgehead atoms. The Morgan fingerprint density at radius 2 is 2.06 bits per heavy atom. The Balaban J connectivity index is 2.76. The molecule has 2 N–H and O–H groups in total. The minimum Gasteiger partial charge on any atom is -0.394 e. The van der Waals surface area contributed by atoms with Crippen molar-refractivity contribution in [2.45, 2.75) is 19.9 Å². The first-order valence-corrected chi connectivity index (χ1v) is 5.60. The van der Waals surface area contributed by atoms with Gasteiger partial charge in [-0.2, -0.15) is 0 Å². The Morgan fingerprint density at radius 3 is 2.56 bits per heavy atom. The fourth-order valence-electron chi connectivity index (χ4n) is 1.31. The molecule has 0 heterocycles. The number of aliphatic hydroxyl groups is 1. The lowest BCUT2D eigenvalue weighted by Crippen LogP contribution is -2.41. The van der Waals surface area contributed by atoms with Crippen molar-refractivity contribution in [2.24, 2.45) is 5.92 Å². The quantitative estimate of drug-likeness (QED) is 0.848. The van der Waals surface area contributed by atoms with Gasteiger partial charge >= 0.3 is 0 Å². The zero-order valence-corrected chi connectivity index (χ0v) is 10.2. The highest BCUT2D eigenvalue weighted by Gasteiger charge is 2.17. The van der Waals surface area contributed by atoms with Crippen LogP contribution in [0.25, 0.3) is 0 Å². The summed E-state index contributed by atoms with van der Waals surface area (Å²) in [6, 6.07) is 6.60. The first-order chi connectivity index (χ1) is 7.56. The number of carbonyl (C=O) groups excluding carboxylic acids is 1. The highest BCUT2D eigenvalue weighted by Crippen LogP contribution is 2.15. The summed E-state index contributed by atoms with van der Waals surface area (Å²) < 4.78 is 0. The zero-order valence-electron chi connectivity index (χ0n) is 9.40. The minimum atomic E-state index is -0.252. The van der Waals surface area contributed by atoms with Crippen LogP contribution in [0.3, 0.4) is 0 Å². The molecule has 4 heteroatoms. The monoisotopic (exact) mass is 241 g/mol. The highest BCUT2D eigenvalue weighted by atomic mass is 35.5. The second-order valence-electron chi connectivity index (χ2n) is 3.99. The molecule has 1 aromatic rings. The van der Waals surface area contributed by atoms with Crippen LogP contribution in [0.4, 0.5) is 0 Å².